The minimum Gasteiger partial charge on any atom is -0.491 e. The number of carbonyl (C=O) groups excluding carboxylic acids is 1. The van der Waals surface area contributed by atoms with Crippen molar-refractivity contribution in [1.82, 2.24) is 9.80 Å². The van der Waals surface area contributed by atoms with Crippen molar-refractivity contribution in [2.24, 2.45) is 0 Å². The Bertz CT molecular complexity index is 494. The molecular formula is C19H30N2O2. The summed E-state index contributed by atoms with van der Waals surface area (Å²) >= 11 is 0. The number of ether oxygens (including phenoxy) is 1. The molecule has 1 aromatic rings. The number of carbonyl (C=O) groups is 1. The first-order valence-corrected chi connectivity index (χ1v) is 8.84. The maximum Gasteiger partial charge on any atom is 0.222 e. The lowest BCUT2D eigenvalue weighted by Crippen LogP contribution is -2.48. The van der Waals surface area contributed by atoms with Crippen LogP contribution in [0.3, 0.4) is 0 Å². The summed E-state index contributed by atoms with van der Waals surface area (Å²) in [5.41, 5.74) is 1.23. The van der Waals surface area contributed by atoms with Crippen LogP contribution in [0.1, 0.15) is 45.6 Å². The highest BCUT2D eigenvalue weighted by Gasteiger charge is 2.21. The molecule has 0 aliphatic carbocycles. The van der Waals surface area contributed by atoms with Gasteiger partial charge < -0.3 is 9.64 Å². The van der Waals surface area contributed by atoms with Crippen molar-refractivity contribution in [3.63, 3.8) is 0 Å². The Hall–Kier alpha value is -1.55. The van der Waals surface area contributed by atoms with Crippen molar-refractivity contribution < 1.29 is 9.53 Å². The molecule has 1 saturated heterocycles. The first-order valence-electron chi connectivity index (χ1n) is 8.84. The molecule has 2 rings (SSSR count). The molecule has 0 bridgehead atoms. The van der Waals surface area contributed by atoms with Crippen LogP contribution in [-0.2, 0) is 11.3 Å². The first-order chi connectivity index (χ1) is 11.1. The Labute approximate surface area is 140 Å². The van der Waals surface area contributed by atoms with Crippen LogP contribution in [0.5, 0.6) is 5.75 Å². The maximum absolute atomic E-state index is 12.1. The van der Waals surface area contributed by atoms with E-state index in [0.717, 1.165) is 51.3 Å². The van der Waals surface area contributed by atoms with E-state index in [1.807, 2.05) is 17.0 Å². The number of nitrogens with zero attached hydrogens (tertiary/aromatic N) is 2. The fourth-order valence-corrected chi connectivity index (χ4v) is 2.89. The van der Waals surface area contributed by atoms with Gasteiger partial charge in [-0.15, -0.1) is 0 Å². The van der Waals surface area contributed by atoms with Crippen molar-refractivity contribution in [3.05, 3.63) is 29.8 Å². The van der Waals surface area contributed by atoms with Crippen LogP contribution in [0.4, 0.5) is 0 Å². The molecule has 1 aromatic carbocycles. The normalized spacial score (nSPS) is 15.9. The molecule has 0 radical (unpaired) electrons. The lowest BCUT2D eigenvalue weighted by Gasteiger charge is -2.35. The summed E-state index contributed by atoms with van der Waals surface area (Å²) in [6.07, 6.45) is 2.96. The van der Waals surface area contributed by atoms with Crippen molar-refractivity contribution in [2.45, 2.75) is 52.7 Å². The van der Waals surface area contributed by atoms with Gasteiger partial charge in [0.1, 0.15) is 5.75 Å². The molecule has 4 nitrogen and oxygen atoms in total. The van der Waals surface area contributed by atoms with Gasteiger partial charge >= 0.3 is 0 Å². The van der Waals surface area contributed by atoms with Gasteiger partial charge in [-0.05, 0) is 26.3 Å². The standard InChI is InChI=1S/C19H30N2O2/c1-4-5-10-19(22)21-13-11-20(12-14-21)15-17-8-6-7-9-18(17)23-16(2)3/h6-9,16H,4-5,10-15H2,1-3H3. The van der Waals surface area contributed by atoms with E-state index in [0.29, 0.717) is 12.3 Å². The SMILES string of the molecule is CCCCC(=O)N1CCN(Cc2ccccc2OC(C)C)CC1. The number of rotatable bonds is 7. The Morgan fingerprint density at radius 3 is 2.52 bits per heavy atom. The zero-order valence-corrected chi connectivity index (χ0v) is 14.8. The third kappa shape index (κ3) is 5.54. The molecule has 0 atom stereocenters. The molecule has 1 heterocycles. The van der Waals surface area contributed by atoms with Crippen LogP contribution in [0.15, 0.2) is 24.3 Å². The molecule has 0 aromatic heterocycles. The van der Waals surface area contributed by atoms with Crippen molar-refractivity contribution in [1.29, 1.82) is 0 Å². The van der Waals surface area contributed by atoms with Crippen LogP contribution in [0.25, 0.3) is 0 Å². The summed E-state index contributed by atoms with van der Waals surface area (Å²) in [6.45, 7) is 10.7. The summed E-state index contributed by atoms with van der Waals surface area (Å²) in [5.74, 6) is 1.29. The van der Waals surface area contributed by atoms with E-state index >= 15 is 0 Å². The zero-order chi connectivity index (χ0) is 16.7. The summed E-state index contributed by atoms with van der Waals surface area (Å²) < 4.78 is 5.90. The highest BCUT2D eigenvalue weighted by molar-refractivity contribution is 5.76. The van der Waals surface area contributed by atoms with Crippen LogP contribution in [-0.4, -0.2) is 48.0 Å². The van der Waals surface area contributed by atoms with Gasteiger partial charge in [0.2, 0.25) is 5.91 Å². The molecule has 128 valence electrons. The number of hydrogen-bond donors (Lipinski definition) is 0. The summed E-state index contributed by atoms with van der Waals surface area (Å²) in [6, 6.07) is 8.26. The molecular weight excluding hydrogens is 288 g/mol. The van der Waals surface area contributed by atoms with Gasteiger partial charge in [0, 0.05) is 44.7 Å². The number of amides is 1. The number of unbranched alkanes of at least 4 members (excludes halogenated alkanes) is 1. The first kappa shape index (κ1) is 17.8. The van der Waals surface area contributed by atoms with E-state index < -0.39 is 0 Å². The van der Waals surface area contributed by atoms with Crippen LogP contribution >= 0.6 is 0 Å². The van der Waals surface area contributed by atoms with Gasteiger partial charge in [0.15, 0.2) is 0 Å². The van der Waals surface area contributed by atoms with Crippen LogP contribution < -0.4 is 4.74 Å². The Morgan fingerprint density at radius 1 is 1.17 bits per heavy atom. The van der Waals surface area contributed by atoms with E-state index in [-0.39, 0.29) is 6.10 Å². The molecule has 0 spiro atoms. The topological polar surface area (TPSA) is 32.8 Å². The monoisotopic (exact) mass is 318 g/mol. The van der Waals surface area contributed by atoms with E-state index in [1.165, 1.54) is 5.56 Å². The second-order valence-electron chi connectivity index (χ2n) is 6.53. The van der Waals surface area contributed by atoms with Crippen LogP contribution in [0.2, 0.25) is 0 Å². The Kier molecular flexibility index (Phi) is 6.90. The van der Waals surface area contributed by atoms with E-state index in [4.69, 9.17) is 4.74 Å². The predicted octanol–water partition coefficient (Wildman–Crippen LogP) is 3.31. The molecule has 4 heteroatoms. The summed E-state index contributed by atoms with van der Waals surface area (Å²) in [5, 5.41) is 0. The highest BCUT2D eigenvalue weighted by Crippen LogP contribution is 2.21. The third-order valence-corrected chi connectivity index (χ3v) is 4.20. The molecule has 1 fully saturated rings. The molecule has 0 N–H and O–H groups in total. The van der Waals surface area contributed by atoms with Gasteiger partial charge in [0.05, 0.1) is 6.10 Å². The third-order valence-electron chi connectivity index (χ3n) is 4.20. The second kappa shape index (κ2) is 8.92. The van der Waals surface area contributed by atoms with Crippen molar-refractivity contribution in [2.75, 3.05) is 26.2 Å². The van der Waals surface area contributed by atoms with Gasteiger partial charge in [0.25, 0.3) is 0 Å². The lowest BCUT2D eigenvalue weighted by molar-refractivity contribution is -0.133. The van der Waals surface area contributed by atoms with Gasteiger partial charge in [-0.25, -0.2) is 0 Å². The van der Waals surface area contributed by atoms with Crippen molar-refractivity contribution >= 4 is 5.91 Å². The van der Waals surface area contributed by atoms with Crippen LogP contribution in [0, 0.1) is 0 Å². The number of para-hydroxylation sites is 1. The smallest absolute Gasteiger partial charge is 0.222 e. The average Bonchev–Trinajstić information content (AvgIpc) is 2.54. The summed E-state index contributed by atoms with van der Waals surface area (Å²) in [7, 11) is 0. The number of piperazine rings is 1. The second-order valence-corrected chi connectivity index (χ2v) is 6.53. The molecule has 0 saturated carbocycles. The Morgan fingerprint density at radius 2 is 1.87 bits per heavy atom. The van der Waals surface area contributed by atoms with Crippen molar-refractivity contribution in [3.8, 4) is 5.75 Å². The molecule has 0 unspecified atom stereocenters. The fourth-order valence-electron chi connectivity index (χ4n) is 2.89. The highest BCUT2D eigenvalue weighted by atomic mass is 16.5. The fraction of sp³-hybridized carbons (Fsp3) is 0.632. The maximum atomic E-state index is 12.1. The average molecular weight is 318 g/mol. The number of benzene rings is 1. The zero-order valence-electron chi connectivity index (χ0n) is 14.8. The van der Waals surface area contributed by atoms with Gasteiger partial charge in [-0.2, -0.15) is 0 Å². The van der Waals surface area contributed by atoms with E-state index in [9.17, 15) is 4.79 Å². The quantitative estimate of drug-likeness (QED) is 0.773. The van der Waals surface area contributed by atoms with Gasteiger partial charge in [-0.3, -0.25) is 9.69 Å². The molecule has 1 aliphatic heterocycles. The minimum atomic E-state index is 0.184. The van der Waals surface area contributed by atoms with E-state index in [2.05, 4.69) is 37.8 Å². The van der Waals surface area contributed by atoms with E-state index in [1.54, 1.807) is 0 Å². The van der Waals surface area contributed by atoms with Gasteiger partial charge in [-0.1, -0.05) is 31.5 Å². The Balaban J connectivity index is 1.86. The molecule has 1 amide bonds. The number of hydrogen-bond acceptors (Lipinski definition) is 3. The lowest BCUT2D eigenvalue weighted by atomic mass is 10.1. The molecule has 23 heavy (non-hydrogen) atoms. The molecule has 1 aliphatic rings. The summed E-state index contributed by atoms with van der Waals surface area (Å²) in [4.78, 5) is 16.5. The largest absolute Gasteiger partial charge is 0.491 e. The predicted molar refractivity (Wildman–Crippen MR) is 93.6 cm³/mol. The minimum absolute atomic E-state index is 0.184.